The van der Waals surface area contributed by atoms with E-state index in [9.17, 15) is 13.6 Å². The normalized spacial score (nSPS) is 19.9. The van der Waals surface area contributed by atoms with Gasteiger partial charge < -0.3 is 18.7 Å². The Morgan fingerprint density at radius 2 is 1.98 bits per heavy atom. The van der Waals surface area contributed by atoms with Crippen molar-refractivity contribution in [2.75, 3.05) is 0 Å². The monoisotopic (exact) mass is 566 g/mol. The lowest BCUT2D eigenvalue weighted by atomic mass is 9.94. The smallest absolute Gasteiger partial charge is 0.387 e. The maximum absolute atomic E-state index is 13.0. The molecule has 2 saturated carbocycles. The molecule has 0 amide bonds. The molecule has 0 spiro atoms. The van der Waals surface area contributed by atoms with E-state index in [1.165, 1.54) is 12.3 Å². The highest BCUT2D eigenvalue weighted by Gasteiger charge is 2.53. The molecule has 2 unspecified atom stereocenters. The molecule has 206 valence electrons. The van der Waals surface area contributed by atoms with Gasteiger partial charge in [-0.3, -0.25) is 9.78 Å². The molecule has 2 atom stereocenters. The minimum absolute atomic E-state index is 0.0211. The molecule has 40 heavy (non-hydrogen) atoms. The van der Waals surface area contributed by atoms with E-state index in [1.54, 1.807) is 30.5 Å². The molecule has 2 heterocycles. The molecular formula is C30H25ClF2N2O5. The zero-order valence-corrected chi connectivity index (χ0v) is 22.2. The van der Waals surface area contributed by atoms with Gasteiger partial charge in [-0.25, -0.2) is 0 Å². The van der Waals surface area contributed by atoms with E-state index in [2.05, 4.69) is 17.1 Å². The SMILES string of the molecule is CC1(c2cncc(OC=O)c2)CC1c1ccc(OCc2c(-c3ccccc3OC(F)F)noc2C2CC2)cc1Cl. The van der Waals surface area contributed by atoms with Gasteiger partial charge in [-0.2, -0.15) is 8.78 Å². The van der Waals surface area contributed by atoms with E-state index in [0.717, 1.165) is 30.4 Å². The molecule has 2 aromatic carbocycles. The van der Waals surface area contributed by atoms with Crippen molar-refractivity contribution in [3.63, 3.8) is 0 Å². The second-order valence-corrected chi connectivity index (χ2v) is 10.7. The quantitative estimate of drug-likeness (QED) is 0.175. The summed E-state index contributed by atoms with van der Waals surface area (Å²) >= 11 is 6.72. The first kappa shape index (κ1) is 26.3. The Bertz CT molecular complexity index is 1560. The van der Waals surface area contributed by atoms with Gasteiger partial charge in [0, 0.05) is 28.1 Å². The molecular weight excluding hydrogens is 542 g/mol. The minimum Gasteiger partial charge on any atom is -0.489 e. The van der Waals surface area contributed by atoms with Crippen molar-refractivity contribution in [1.82, 2.24) is 10.1 Å². The molecule has 7 nitrogen and oxygen atoms in total. The fourth-order valence-electron chi connectivity index (χ4n) is 5.22. The Kier molecular flexibility index (Phi) is 6.92. The fourth-order valence-corrected chi connectivity index (χ4v) is 5.53. The third-order valence-corrected chi connectivity index (χ3v) is 7.98. The molecule has 2 aliphatic rings. The Morgan fingerprint density at radius 3 is 2.73 bits per heavy atom. The summed E-state index contributed by atoms with van der Waals surface area (Å²) in [6, 6.07) is 13.9. The number of hydrogen-bond donors (Lipinski definition) is 0. The zero-order valence-electron chi connectivity index (χ0n) is 21.5. The summed E-state index contributed by atoms with van der Waals surface area (Å²) in [5.74, 6) is 2.08. The maximum Gasteiger partial charge on any atom is 0.387 e. The van der Waals surface area contributed by atoms with Gasteiger partial charge in [-0.1, -0.05) is 41.9 Å². The molecule has 0 bridgehead atoms. The van der Waals surface area contributed by atoms with Gasteiger partial charge in [0.25, 0.3) is 6.47 Å². The van der Waals surface area contributed by atoms with Crippen LogP contribution in [0.4, 0.5) is 8.78 Å². The average molecular weight is 567 g/mol. The first-order valence-electron chi connectivity index (χ1n) is 12.9. The molecule has 2 aromatic heterocycles. The van der Waals surface area contributed by atoms with Crippen molar-refractivity contribution in [3.05, 3.63) is 88.4 Å². The predicted molar refractivity (Wildman–Crippen MR) is 142 cm³/mol. The summed E-state index contributed by atoms with van der Waals surface area (Å²) in [6.45, 7) is -0.327. The molecule has 6 rings (SSSR count). The van der Waals surface area contributed by atoms with E-state index < -0.39 is 6.61 Å². The van der Waals surface area contributed by atoms with Crippen LogP contribution in [-0.4, -0.2) is 23.2 Å². The van der Waals surface area contributed by atoms with Crippen LogP contribution in [0.3, 0.4) is 0 Å². The van der Waals surface area contributed by atoms with Crippen molar-refractivity contribution in [1.29, 1.82) is 0 Å². The molecule has 0 N–H and O–H groups in total. The average Bonchev–Trinajstić information content (AvgIpc) is 3.86. The lowest BCUT2D eigenvalue weighted by molar-refractivity contribution is -0.120. The van der Waals surface area contributed by atoms with Crippen LogP contribution in [0, 0.1) is 0 Å². The van der Waals surface area contributed by atoms with Crippen LogP contribution < -0.4 is 14.2 Å². The molecule has 2 fully saturated rings. The first-order valence-corrected chi connectivity index (χ1v) is 13.3. The number of ether oxygens (including phenoxy) is 3. The number of nitrogens with zero attached hydrogens (tertiary/aromatic N) is 2. The standard InChI is InChI=1S/C30H25ClF2N2O5/c1-30(18-10-20(38-16-36)14-34-13-18)12-24(30)21-9-8-19(11-25(21)31)37-15-23-27(35-40-28(23)17-6-7-17)22-4-2-3-5-26(22)39-29(32)33/h2-5,8-11,13-14,16-17,24,29H,6-7,12,15H2,1H3. The van der Waals surface area contributed by atoms with Crippen LogP contribution in [0.2, 0.25) is 5.02 Å². The van der Waals surface area contributed by atoms with Crippen LogP contribution in [0.15, 0.2) is 65.4 Å². The Hall–Kier alpha value is -3.98. The number of para-hydroxylation sites is 1. The second kappa shape index (κ2) is 10.5. The van der Waals surface area contributed by atoms with Crippen molar-refractivity contribution >= 4 is 18.1 Å². The topological polar surface area (TPSA) is 83.7 Å². The first-order chi connectivity index (χ1) is 19.4. The number of benzene rings is 2. The van der Waals surface area contributed by atoms with E-state index in [1.807, 2.05) is 18.2 Å². The van der Waals surface area contributed by atoms with Crippen molar-refractivity contribution in [2.24, 2.45) is 0 Å². The number of carbonyl (C=O) groups is 1. The summed E-state index contributed by atoms with van der Waals surface area (Å²) in [4.78, 5) is 14.9. The number of halogens is 3. The Morgan fingerprint density at radius 1 is 1.15 bits per heavy atom. The van der Waals surface area contributed by atoms with Crippen LogP contribution >= 0.6 is 11.6 Å². The summed E-state index contributed by atoms with van der Waals surface area (Å²) < 4.78 is 47.5. The molecule has 0 radical (unpaired) electrons. The van der Waals surface area contributed by atoms with Crippen LogP contribution in [0.25, 0.3) is 11.3 Å². The summed E-state index contributed by atoms with van der Waals surface area (Å²) in [5, 5.41) is 4.79. The van der Waals surface area contributed by atoms with Crippen molar-refractivity contribution in [2.45, 2.75) is 56.7 Å². The predicted octanol–water partition coefficient (Wildman–Crippen LogP) is 7.43. The molecule has 0 saturated heterocycles. The van der Waals surface area contributed by atoms with Gasteiger partial charge in [0.05, 0.1) is 11.8 Å². The second-order valence-electron chi connectivity index (χ2n) is 10.3. The lowest BCUT2D eigenvalue weighted by Gasteiger charge is -2.15. The number of hydrogen-bond acceptors (Lipinski definition) is 7. The minimum atomic E-state index is -2.96. The largest absolute Gasteiger partial charge is 0.489 e. The van der Waals surface area contributed by atoms with E-state index in [4.69, 9.17) is 30.3 Å². The highest BCUT2D eigenvalue weighted by atomic mass is 35.5. The Labute approximate surface area is 234 Å². The van der Waals surface area contributed by atoms with Crippen LogP contribution in [0.1, 0.15) is 60.5 Å². The Balaban J connectivity index is 1.21. The number of carbonyl (C=O) groups excluding carboxylic acids is 1. The number of pyridine rings is 1. The summed E-state index contributed by atoms with van der Waals surface area (Å²) in [6.07, 6.45) is 6.09. The number of aromatic nitrogens is 2. The van der Waals surface area contributed by atoms with E-state index in [0.29, 0.717) is 45.6 Å². The molecule has 10 heteroatoms. The van der Waals surface area contributed by atoms with Crippen molar-refractivity contribution < 1.29 is 32.3 Å². The van der Waals surface area contributed by atoms with Gasteiger partial charge in [-0.15, -0.1) is 0 Å². The summed E-state index contributed by atoms with van der Waals surface area (Å²) in [7, 11) is 0. The van der Waals surface area contributed by atoms with E-state index >= 15 is 0 Å². The third-order valence-electron chi connectivity index (χ3n) is 7.65. The number of rotatable bonds is 11. The van der Waals surface area contributed by atoms with Gasteiger partial charge in [0.1, 0.15) is 35.3 Å². The highest BCUT2D eigenvalue weighted by molar-refractivity contribution is 6.31. The fraction of sp³-hybridized carbons (Fsp3) is 0.300. The van der Waals surface area contributed by atoms with Crippen LogP contribution in [-0.2, 0) is 16.8 Å². The van der Waals surface area contributed by atoms with Crippen molar-refractivity contribution in [3.8, 4) is 28.5 Å². The maximum atomic E-state index is 13.0. The lowest BCUT2D eigenvalue weighted by Crippen LogP contribution is -2.06. The highest BCUT2D eigenvalue weighted by Crippen LogP contribution is 2.61. The summed E-state index contributed by atoms with van der Waals surface area (Å²) in [5.41, 5.74) is 3.30. The van der Waals surface area contributed by atoms with Gasteiger partial charge in [-0.05, 0) is 66.6 Å². The third kappa shape index (κ3) is 5.13. The molecule has 0 aliphatic heterocycles. The van der Waals surface area contributed by atoms with Gasteiger partial charge >= 0.3 is 6.61 Å². The zero-order chi connectivity index (χ0) is 27.9. The molecule has 4 aromatic rings. The van der Waals surface area contributed by atoms with Gasteiger partial charge in [0.15, 0.2) is 0 Å². The molecule has 2 aliphatic carbocycles. The van der Waals surface area contributed by atoms with E-state index in [-0.39, 0.29) is 29.6 Å². The number of alkyl halides is 2. The van der Waals surface area contributed by atoms with Gasteiger partial charge in [0.2, 0.25) is 0 Å². The van der Waals surface area contributed by atoms with Crippen LogP contribution in [0.5, 0.6) is 17.2 Å².